The number of nitrogens with zero attached hydrogens (tertiary/aromatic N) is 5. The lowest BCUT2D eigenvalue weighted by Gasteiger charge is -2.33. The van der Waals surface area contributed by atoms with Crippen LogP contribution >= 0.6 is 11.3 Å². The maximum absolute atomic E-state index is 12.4. The summed E-state index contributed by atoms with van der Waals surface area (Å²) in [7, 11) is -2.07. The number of sulfonamides is 1. The number of nitrogens with one attached hydrogen (secondary N) is 1. The summed E-state index contributed by atoms with van der Waals surface area (Å²) in [6.07, 6.45) is 1.92. The van der Waals surface area contributed by atoms with E-state index in [0.717, 1.165) is 53.4 Å². The van der Waals surface area contributed by atoms with Crippen LogP contribution in [0.4, 0.5) is 6.01 Å². The Kier molecular flexibility index (Phi) is 8.64. The first kappa shape index (κ1) is 28.4. The summed E-state index contributed by atoms with van der Waals surface area (Å²) < 4.78 is 44.0. The molecule has 1 atom stereocenters. The van der Waals surface area contributed by atoms with Crippen molar-refractivity contribution in [2.24, 2.45) is 5.92 Å². The Morgan fingerprint density at radius 2 is 1.82 bits per heavy atom. The lowest BCUT2D eigenvalue weighted by Crippen LogP contribution is -2.38. The second-order valence-corrected chi connectivity index (χ2v) is 12.9. The van der Waals surface area contributed by atoms with Gasteiger partial charge in [0.1, 0.15) is 16.5 Å². The number of piperidine rings is 1. The van der Waals surface area contributed by atoms with E-state index in [0.29, 0.717) is 23.7 Å². The summed E-state index contributed by atoms with van der Waals surface area (Å²) >= 11 is 1.41. The molecule has 0 radical (unpaired) electrons. The minimum atomic E-state index is -3.59. The van der Waals surface area contributed by atoms with Gasteiger partial charge in [0.25, 0.3) is 5.19 Å². The van der Waals surface area contributed by atoms with Gasteiger partial charge in [0, 0.05) is 38.2 Å². The summed E-state index contributed by atoms with van der Waals surface area (Å²) in [6.45, 7) is 8.39. The van der Waals surface area contributed by atoms with Crippen LogP contribution in [-0.4, -0.2) is 68.0 Å². The van der Waals surface area contributed by atoms with Gasteiger partial charge in [-0.25, -0.2) is 23.1 Å². The number of thiazole rings is 1. The van der Waals surface area contributed by atoms with Crippen LogP contribution in [0.1, 0.15) is 45.4 Å². The van der Waals surface area contributed by atoms with E-state index >= 15 is 0 Å². The highest BCUT2D eigenvalue weighted by atomic mass is 32.2. The molecule has 1 fully saturated rings. The molecule has 0 aliphatic carbocycles. The SMILES string of the molecule is COCCNS(=O)(=O)c1ccc(-c2ccc3nc(OC(C)C4CCN(c5nc(C(C)C)no5)CC4)sc3n2)cc1. The Morgan fingerprint density at radius 1 is 1.07 bits per heavy atom. The quantitative estimate of drug-likeness (QED) is 0.251. The summed E-state index contributed by atoms with van der Waals surface area (Å²) in [4.78, 5) is 17.0. The second-order valence-electron chi connectivity index (χ2n) is 10.2. The summed E-state index contributed by atoms with van der Waals surface area (Å²) in [6, 6.07) is 11.1. The first-order valence-corrected chi connectivity index (χ1v) is 15.7. The maximum atomic E-state index is 12.4. The van der Waals surface area contributed by atoms with Gasteiger partial charge in [-0.3, -0.25) is 0 Å². The zero-order valence-corrected chi connectivity index (χ0v) is 24.7. The zero-order valence-electron chi connectivity index (χ0n) is 23.0. The highest BCUT2D eigenvalue weighted by Crippen LogP contribution is 2.32. The normalized spacial score (nSPS) is 15.7. The van der Waals surface area contributed by atoms with Crippen LogP contribution in [0, 0.1) is 5.92 Å². The van der Waals surface area contributed by atoms with Gasteiger partial charge in [-0.05, 0) is 49.9 Å². The van der Waals surface area contributed by atoms with E-state index in [9.17, 15) is 8.42 Å². The number of fused-ring (bicyclic) bond motifs is 1. The van der Waals surface area contributed by atoms with E-state index in [-0.39, 0.29) is 23.5 Å². The third-order valence-corrected chi connectivity index (χ3v) is 9.34. The minimum Gasteiger partial charge on any atom is -0.467 e. The van der Waals surface area contributed by atoms with Crippen LogP contribution in [0.5, 0.6) is 5.19 Å². The molecular formula is C27H34N6O5S2. The molecule has 1 aliphatic rings. The molecule has 0 amide bonds. The predicted molar refractivity (Wildman–Crippen MR) is 153 cm³/mol. The van der Waals surface area contributed by atoms with Crippen molar-refractivity contribution in [3.05, 3.63) is 42.2 Å². The van der Waals surface area contributed by atoms with Crippen molar-refractivity contribution >= 4 is 37.7 Å². The number of methoxy groups -OCH3 is 1. The number of rotatable bonds is 11. The monoisotopic (exact) mass is 586 g/mol. The van der Waals surface area contributed by atoms with Gasteiger partial charge in [0.15, 0.2) is 5.82 Å². The van der Waals surface area contributed by atoms with Crippen molar-refractivity contribution in [3.63, 3.8) is 0 Å². The molecule has 5 rings (SSSR count). The van der Waals surface area contributed by atoms with Crippen LogP contribution in [0.15, 0.2) is 45.8 Å². The molecule has 0 bridgehead atoms. The fourth-order valence-electron chi connectivity index (χ4n) is 4.58. The topological polar surface area (TPSA) is 133 Å². The molecule has 1 saturated heterocycles. The third-order valence-electron chi connectivity index (χ3n) is 7.00. The Labute approximate surface area is 238 Å². The first-order valence-electron chi connectivity index (χ1n) is 13.4. The Balaban J connectivity index is 1.20. The maximum Gasteiger partial charge on any atom is 0.324 e. The molecule has 11 nitrogen and oxygen atoms in total. The van der Waals surface area contributed by atoms with Gasteiger partial charge in [0.2, 0.25) is 10.0 Å². The Bertz CT molecular complexity index is 1530. The van der Waals surface area contributed by atoms with E-state index in [1.54, 1.807) is 24.3 Å². The Hall–Kier alpha value is -3.13. The van der Waals surface area contributed by atoms with Crippen LogP contribution in [-0.2, 0) is 14.8 Å². The minimum absolute atomic E-state index is 0.00286. The van der Waals surface area contributed by atoms with E-state index in [4.69, 9.17) is 19.0 Å². The van der Waals surface area contributed by atoms with Crippen molar-refractivity contribution in [3.8, 4) is 16.5 Å². The molecule has 214 valence electrons. The number of hydrogen-bond acceptors (Lipinski definition) is 11. The third kappa shape index (κ3) is 6.43. The smallest absolute Gasteiger partial charge is 0.324 e. The number of ether oxygens (including phenoxy) is 2. The largest absolute Gasteiger partial charge is 0.467 e. The molecule has 1 aliphatic heterocycles. The van der Waals surface area contributed by atoms with Gasteiger partial charge in [-0.15, -0.1) is 0 Å². The number of aromatic nitrogens is 4. The van der Waals surface area contributed by atoms with E-state index in [1.807, 2.05) is 12.1 Å². The number of benzene rings is 1. The fourth-order valence-corrected chi connectivity index (χ4v) is 6.46. The number of anilines is 1. The highest BCUT2D eigenvalue weighted by molar-refractivity contribution is 7.89. The molecule has 13 heteroatoms. The molecule has 4 aromatic rings. The van der Waals surface area contributed by atoms with Gasteiger partial charge in [-0.2, -0.15) is 4.98 Å². The lowest BCUT2D eigenvalue weighted by molar-refractivity contribution is 0.131. The van der Waals surface area contributed by atoms with Gasteiger partial charge in [0.05, 0.1) is 17.2 Å². The van der Waals surface area contributed by atoms with Gasteiger partial charge < -0.3 is 18.9 Å². The average molecular weight is 587 g/mol. The van der Waals surface area contributed by atoms with Crippen molar-refractivity contribution in [1.29, 1.82) is 0 Å². The van der Waals surface area contributed by atoms with Crippen LogP contribution in [0.25, 0.3) is 21.6 Å². The van der Waals surface area contributed by atoms with Gasteiger partial charge in [-0.1, -0.05) is 42.5 Å². The highest BCUT2D eigenvalue weighted by Gasteiger charge is 2.28. The van der Waals surface area contributed by atoms with Crippen LogP contribution in [0.2, 0.25) is 0 Å². The van der Waals surface area contributed by atoms with E-state index in [2.05, 4.69) is 45.5 Å². The standard InChI is InChI=1S/C27H34N6O5S2/c1-17(2)24-31-26(38-32-24)33-14-11-19(12-15-33)18(3)37-27-30-23-10-9-22(29-25(23)39-27)20-5-7-21(8-6-20)40(34,35)28-13-16-36-4/h5-10,17-19,28H,11-16H2,1-4H3. The van der Waals surface area contributed by atoms with E-state index < -0.39 is 10.0 Å². The molecule has 1 aromatic carbocycles. The first-order chi connectivity index (χ1) is 19.2. The van der Waals surface area contributed by atoms with Gasteiger partial charge >= 0.3 is 6.01 Å². The lowest BCUT2D eigenvalue weighted by atomic mass is 9.92. The molecule has 3 aromatic heterocycles. The molecule has 4 heterocycles. The summed E-state index contributed by atoms with van der Waals surface area (Å²) in [5.41, 5.74) is 2.32. The predicted octanol–water partition coefficient (Wildman–Crippen LogP) is 4.47. The zero-order chi connectivity index (χ0) is 28.3. The average Bonchev–Trinajstić information content (AvgIpc) is 3.60. The second kappa shape index (κ2) is 12.2. The summed E-state index contributed by atoms with van der Waals surface area (Å²) in [5, 5.41) is 4.67. The Morgan fingerprint density at radius 3 is 2.50 bits per heavy atom. The number of pyridine rings is 1. The number of hydrogen-bond donors (Lipinski definition) is 1. The molecule has 0 saturated carbocycles. The summed E-state index contributed by atoms with van der Waals surface area (Å²) in [5.74, 6) is 1.36. The molecule has 1 N–H and O–H groups in total. The molecule has 1 unspecified atom stereocenters. The van der Waals surface area contributed by atoms with Crippen LogP contribution in [0.3, 0.4) is 0 Å². The molecular weight excluding hydrogens is 552 g/mol. The van der Waals surface area contributed by atoms with E-state index in [1.165, 1.54) is 18.4 Å². The molecule has 0 spiro atoms. The van der Waals surface area contributed by atoms with Crippen molar-refractivity contribution in [1.82, 2.24) is 24.8 Å². The van der Waals surface area contributed by atoms with Crippen molar-refractivity contribution < 1.29 is 22.4 Å². The fraction of sp³-hybridized carbons (Fsp3) is 0.481. The van der Waals surface area contributed by atoms with Crippen LogP contribution < -0.4 is 14.4 Å². The van der Waals surface area contributed by atoms with Crippen molar-refractivity contribution in [2.45, 2.75) is 50.5 Å². The molecule has 40 heavy (non-hydrogen) atoms. The van der Waals surface area contributed by atoms with Crippen molar-refractivity contribution in [2.75, 3.05) is 38.3 Å².